The van der Waals surface area contributed by atoms with Crippen molar-refractivity contribution in [3.8, 4) is 0 Å². The Hall–Kier alpha value is -1.63. The zero-order valence-corrected chi connectivity index (χ0v) is 13.3. The van der Waals surface area contributed by atoms with Crippen LogP contribution in [0.2, 0.25) is 0 Å². The maximum Gasteiger partial charge on any atom is 0.328 e. The summed E-state index contributed by atoms with van der Waals surface area (Å²) >= 11 is 0. The van der Waals surface area contributed by atoms with Gasteiger partial charge in [0, 0.05) is 13.5 Å². The number of hydrogen-bond donors (Lipinski definition) is 3. The lowest BCUT2D eigenvalue weighted by atomic mass is 10.0. The number of esters is 1. The van der Waals surface area contributed by atoms with E-state index in [2.05, 4.69) is 10.6 Å². The summed E-state index contributed by atoms with van der Waals surface area (Å²) in [7, 11) is 1.51. The van der Waals surface area contributed by atoms with Crippen molar-refractivity contribution in [3.05, 3.63) is 0 Å². The predicted octanol–water partition coefficient (Wildman–Crippen LogP) is -0.0661. The van der Waals surface area contributed by atoms with Crippen LogP contribution in [0.4, 0.5) is 0 Å². The van der Waals surface area contributed by atoms with E-state index in [0.717, 1.165) is 0 Å². The smallest absolute Gasteiger partial charge is 0.328 e. The van der Waals surface area contributed by atoms with Crippen LogP contribution in [0, 0.1) is 5.92 Å². The van der Waals surface area contributed by atoms with Crippen molar-refractivity contribution in [1.82, 2.24) is 10.6 Å². The molecule has 0 fully saturated rings. The predicted molar refractivity (Wildman–Crippen MR) is 79.3 cm³/mol. The third-order valence-electron chi connectivity index (χ3n) is 2.89. The van der Waals surface area contributed by atoms with E-state index in [4.69, 9.17) is 10.5 Å². The summed E-state index contributed by atoms with van der Waals surface area (Å²) in [5.74, 6) is -0.882. The highest BCUT2D eigenvalue weighted by Gasteiger charge is 2.25. The molecule has 21 heavy (non-hydrogen) atoms. The third-order valence-corrected chi connectivity index (χ3v) is 2.89. The molecular formula is C14H27N3O4. The highest BCUT2D eigenvalue weighted by atomic mass is 16.5. The molecule has 0 aromatic carbocycles. The molecule has 2 amide bonds. The van der Waals surface area contributed by atoms with Gasteiger partial charge in [-0.2, -0.15) is 0 Å². The average molecular weight is 301 g/mol. The van der Waals surface area contributed by atoms with E-state index in [9.17, 15) is 14.4 Å². The van der Waals surface area contributed by atoms with Gasteiger partial charge in [-0.15, -0.1) is 0 Å². The van der Waals surface area contributed by atoms with Crippen LogP contribution in [-0.2, 0) is 19.1 Å². The Kier molecular flexibility index (Phi) is 9.36. The molecule has 0 unspecified atom stereocenters. The number of nitrogens with two attached hydrogens (primary N) is 1. The highest BCUT2D eigenvalue weighted by Crippen LogP contribution is 2.05. The molecule has 0 bridgehead atoms. The third kappa shape index (κ3) is 8.29. The molecule has 0 saturated carbocycles. The van der Waals surface area contributed by atoms with E-state index in [1.165, 1.54) is 7.05 Å². The Morgan fingerprint density at radius 3 is 2.33 bits per heavy atom. The van der Waals surface area contributed by atoms with Gasteiger partial charge in [0.1, 0.15) is 6.04 Å². The van der Waals surface area contributed by atoms with Crippen molar-refractivity contribution >= 4 is 17.8 Å². The topological polar surface area (TPSA) is 111 Å². The first-order chi connectivity index (χ1) is 9.81. The van der Waals surface area contributed by atoms with Gasteiger partial charge in [0.15, 0.2) is 0 Å². The summed E-state index contributed by atoms with van der Waals surface area (Å²) in [4.78, 5) is 35.0. The van der Waals surface area contributed by atoms with Crippen LogP contribution >= 0.6 is 0 Å². The van der Waals surface area contributed by atoms with E-state index in [1.807, 2.05) is 13.8 Å². The molecule has 0 heterocycles. The minimum atomic E-state index is -0.854. The van der Waals surface area contributed by atoms with Gasteiger partial charge in [0.05, 0.1) is 12.6 Å². The van der Waals surface area contributed by atoms with Gasteiger partial charge in [-0.25, -0.2) is 4.79 Å². The van der Waals surface area contributed by atoms with Crippen molar-refractivity contribution < 1.29 is 19.1 Å². The zero-order valence-electron chi connectivity index (χ0n) is 13.3. The minimum absolute atomic E-state index is 0.125. The Balaban J connectivity index is 4.61. The van der Waals surface area contributed by atoms with Gasteiger partial charge >= 0.3 is 5.97 Å². The molecule has 7 heteroatoms. The lowest BCUT2D eigenvalue weighted by Crippen LogP contribution is -2.49. The van der Waals surface area contributed by atoms with E-state index in [1.54, 1.807) is 6.92 Å². The van der Waals surface area contributed by atoms with Gasteiger partial charge < -0.3 is 21.1 Å². The quantitative estimate of drug-likeness (QED) is 0.516. The van der Waals surface area contributed by atoms with Gasteiger partial charge in [0.2, 0.25) is 11.8 Å². The van der Waals surface area contributed by atoms with Crippen LogP contribution in [0.3, 0.4) is 0 Å². The van der Waals surface area contributed by atoms with Crippen LogP contribution in [0.1, 0.15) is 40.0 Å². The number of ether oxygens (including phenoxy) is 1. The van der Waals surface area contributed by atoms with Crippen molar-refractivity contribution in [2.24, 2.45) is 11.7 Å². The Morgan fingerprint density at radius 1 is 1.24 bits per heavy atom. The lowest BCUT2D eigenvalue weighted by molar-refractivity contribution is -0.147. The lowest BCUT2D eigenvalue weighted by Gasteiger charge is -2.20. The van der Waals surface area contributed by atoms with Crippen LogP contribution in [0.5, 0.6) is 0 Å². The van der Waals surface area contributed by atoms with Crippen molar-refractivity contribution in [2.45, 2.75) is 52.1 Å². The number of hydrogen-bond acceptors (Lipinski definition) is 5. The Bertz CT molecular complexity index is 358. The van der Waals surface area contributed by atoms with Gasteiger partial charge in [0.25, 0.3) is 0 Å². The molecule has 0 aromatic heterocycles. The SMILES string of the molecule is CCOC(=O)[C@H](CCC(=O)NC)NC(=O)[C@@H](N)CC(C)C. The number of amides is 2. The van der Waals surface area contributed by atoms with Crippen LogP contribution in [0.15, 0.2) is 0 Å². The maximum atomic E-state index is 12.0. The van der Waals surface area contributed by atoms with Crippen molar-refractivity contribution in [3.63, 3.8) is 0 Å². The molecule has 4 N–H and O–H groups in total. The summed E-state index contributed by atoms with van der Waals surface area (Å²) in [6.45, 7) is 5.81. The second kappa shape index (κ2) is 10.1. The molecule has 7 nitrogen and oxygen atoms in total. The minimum Gasteiger partial charge on any atom is -0.464 e. The molecule has 0 saturated heterocycles. The fraction of sp³-hybridized carbons (Fsp3) is 0.786. The molecule has 0 aromatic rings. The zero-order chi connectivity index (χ0) is 16.4. The number of carbonyl (C=O) groups excluding carboxylic acids is 3. The summed E-state index contributed by atoms with van der Waals surface area (Å²) in [6.07, 6.45) is 0.829. The Morgan fingerprint density at radius 2 is 1.86 bits per heavy atom. The van der Waals surface area contributed by atoms with Crippen LogP contribution in [-0.4, -0.2) is 43.5 Å². The highest BCUT2D eigenvalue weighted by molar-refractivity contribution is 5.87. The fourth-order valence-electron chi connectivity index (χ4n) is 1.79. The Labute approximate surface area is 126 Å². The van der Waals surface area contributed by atoms with Gasteiger partial charge in [-0.1, -0.05) is 13.8 Å². The summed E-state index contributed by atoms with van der Waals surface area (Å²) < 4.78 is 4.91. The van der Waals surface area contributed by atoms with Crippen molar-refractivity contribution in [1.29, 1.82) is 0 Å². The second-order valence-corrected chi connectivity index (χ2v) is 5.26. The first-order valence-corrected chi connectivity index (χ1v) is 7.24. The summed E-state index contributed by atoms with van der Waals surface area (Å²) in [5.41, 5.74) is 5.78. The molecule has 122 valence electrons. The molecule has 2 atom stereocenters. The van der Waals surface area contributed by atoms with E-state index in [0.29, 0.717) is 6.42 Å². The van der Waals surface area contributed by atoms with Gasteiger partial charge in [-0.05, 0) is 25.7 Å². The molecule has 0 aliphatic carbocycles. The van der Waals surface area contributed by atoms with Crippen molar-refractivity contribution in [2.75, 3.05) is 13.7 Å². The van der Waals surface area contributed by atoms with E-state index >= 15 is 0 Å². The monoisotopic (exact) mass is 301 g/mol. The van der Waals surface area contributed by atoms with Gasteiger partial charge in [-0.3, -0.25) is 9.59 Å². The largest absolute Gasteiger partial charge is 0.464 e. The molecule has 0 aliphatic rings. The van der Waals surface area contributed by atoms with E-state index in [-0.39, 0.29) is 31.3 Å². The maximum absolute atomic E-state index is 12.0. The molecule has 0 rings (SSSR count). The molecule has 0 radical (unpaired) electrons. The number of carbonyl (C=O) groups is 3. The number of nitrogens with one attached hydrogen (secondary N) is 2. The summed E-state index contributed by atoms with van der Waals surface area (Å²) in [5, 5.41) is 5.03. The fourth-order valence-corrected chi connectivity index (χ4v) is 1.79. The summed E-state index contributed by atoms with van der Waals surface area (Å²) in [6, 6.07) is -1.53. The first kappa shape index (κ1) is 19.4. The molecular weight excluding hydrogens is 274 g/mol. The van der Waals surface area contributed by atoms with Crippen LogP contribution < -0.4 is 16.4 Å². The first-order valence-electron chi connectivity index (χ1n) is 7.24. The number of rotatable bonds is 9. The second-order valence-electron chi connectivity index (χ2n) is 5.26. The van der Waals surface area contributed by atoms with Crippen LogP contribution in [0.25, 0.3) is 0 Å². The molecule has 0 spiro atoms. The standard InChI is InChI=1S/C14H27N3O4/c1-5-21-14(20)11(6-7-12(18)16-4)17-13(19)10(15)8-9(2)3/h9-11H,5-8,15H2,1-4H3,(H,16,18)(H,17,19)/t10-,11-/m0/s1. The molecule has 0 aliphatic heterocycles. The normalized spacial score (nSPS) is 13.4. The average Bonchev–Trinajstić information content (AvgIpc) is 2.41. The van der Waals surface area contributed by atoms with E-state index < -0.39 is 24.0 Å².